The molecule has 0 unspecified atom stereocenters. The third-order valence-electron chi connectivity index (χ3n) is 2.01. The fourth-order valence-electron chi connectivity index (χ4n) is 1.17. The average Bonchev–Trinajstić information content (AvgIpc) is 2.64. The summed E-state index contributed by atoms with van der Waals surface area (Å²) < 4.78 is 0. The van der Waals surface area contributed by atoms with Crippen LogP contribution < -0.4 is 5.73 Å². The van der Waals surface area contributed by atoms with Crippen LogP contribution in [-0.4, -0.2) is 28.8 Å². The molecular weight excluding hydrogens is 196 g/mol. The van der Waals surface area contributed by atoms with Crippen LogP contribution in [0.1, 0.15) is 18.2 Å². The number of aromatic nitrogens is 1. The van der Waals surface area contributed by atoms with E-state index in [1.165, 1.54) is 4.88 Å². The summed E-state index contributed by atoms with van der Waals surface area (Å²) in [5, 5.41) is 7.15. The van der Waals surface area contributed by atoms with E-state index in [1.807, 2.05) is 11.7 Å². The lowest BCUT2D eigenvalue weighted by Crippen LogP contribution is -2.27. The number of hydrogen-bond donors (Lipinski definition) is 2. The first-order chi connectivity index (χ1) is 6.72. The van der Waals surface area contributed by atoms with E-state index in [0.29, 0.717) is 6.42 Å². The fourth-order valence-corrected chi connectivity index (χ4v) is 1.80. The summed E-state index contributed by atoms with van der Waals surface area (Å²) in [6.07, 6.45) is 2.54. The van der Waals surface area contributed by atoms with Crippen molar-refractivity contribution in [3.05, 3.63) is 16.6 Å². The Morgan fingerprint density at radius 1 is 1.71 bits per heavy atom. The molecule has 1 aromatic rings. The molecule has 14 heavy (non-hydrogen) atoms. The van der Waals surface area contributed by atoms with Gasteiger partial charge in [-0.3, -0.25) is 15.3 Å². The van der Waals surface area contributed by atoms with Crippen molar-refractivity contribution in [2.75, 3.05) is 13.1 Å². The molecule has 4 nitrogen and oxygen atoms in total. The zero-order valence-electron chi connectivity index (χ0n) is 8.36. The van der Waals surface area contributed by atoms with Crippen molar-refractivity contribution in [1.82, 2.24) is 9.88 Å². The molecule has 0 aromatic carbocycles. The molecule has 1 aromatic heterocycles. The molecule has 0 radical (unpaired) electrons. The van der Waals surface area contributed by atoms with Crippen LogP contribution >= 0.6 is 11.3 Å². The number of thiazole rings is 1. The lowest BCUT2D eigenvalue weighted by Gasteiger charge is -2.18. The Balaban J connectivity index is 2.35. The average molecular weight is 212 g/mol. The van der Waals surface area contributed by atoms with Gasteiger partial charge in [0.25, 0.3) is 0 Å². The molecule has 0 aliphatic heterocycles. The third-order valence-corrected chi connectivity index (χ3v) is 2.77. The minimum absolute atomic E-state index is 0.257. The summed E-state index contributed by atoms with van der Waals surface area (Å²) in [5.41, 5.74) is 7.16. The third kappa shape index (κ3) is 3.85. The summed E-state index contributed by atoms with van der Waals surface area (Å²) in [7, 11) is 0. The molecule has 78 valence electrons. The van der Waals surface area contributed by atoms with Crippen LogP contribution in [0.5, 0.6) is 0 Å². The number of rotatable bonds is 6. The lowest BCUT2D eigenvalue weighted by molar-refractivity contribution is 0.290. The summed E-state index contributed by atoms with van der Waals surface area (Å²) >= 11 is 1.66. The summed E-state index contributed by atoms with van der Waals surface area (Å²) in [4.78, 5) is 7.55. The van der Waals surface area contributed by atoms with E-state index < -0.39 is 0 Å². The second-order valence-electron chi connectivity index (χ2n) is 3.11. The molecular formula is C9H16N4S. The van der Waals surface area contributed by atoms with Crippen LogP contribution in [-0.2, 0) is 6.54 Å². The Morgan fingerprint density at radius 2 is 2.50 bits per heavy atom. The predicted molar refractivity (Wildman–Crippen MR) is 59.6 cm³/mol. The van der Waals surface area contributed by atoms with Gasteiger partial charge in [0.2, 0.25) is 0 Å². The number of nitrogens with two attached hydrogens (primary N) is 1. The predicted octanol–water partition coefficient (Wildman–Crippen LogP) is 1.29. The normalized spacial score (nSPS) is 10.7. The van der Waals surface area contributed by atoms with Crippen LogP contribution in [0.25, 0.3) is 0 Å². The summed E-state index contributed by atoms with van der Waals surface area (Å²) in [6.45, 7) is 4.85. The molecule has 0 aliphatic carbocycles. The van der Waals surface area contributed by atoms with Crippen LogP contribution in [0.4, 0.5) is 0 Å². The first kappa shape index (κ1) is 11.1. The molecule has 0 saturated carbocycles. The second kappa shape index (κ2) is 5.72. The molecule has 3 N–H and O–H groups in total. The van der Waals surface area contributed by atoms with Gasteiger partial charge >= 0.3 is 0 Å². The van der Waals surface area contributed by atoms with E-state index in [9.17, 15) is 0 Å². The Bertz CT molecular complexity index is 270. The van der Waals surface area contributed by atoms with Crippen molar-refractivity contribution in [3.8, 4) is 0 Å². The number of nitrogens with zero attached hydrogens (tertiary/aromatic N) is 2. The van der Waals surface area contributed by atoms with Gasteiger partial charge in [-0.2, -0.15) is 0 Å². The first-order valence-corrected chi connectivity index (χ1v) is 5.53. The maximum absolute atomic E-state index is 7.15. The van der Waals surface area contributed by atoms with Crippen molar-refractivity contribution in [1.29, 1.82) is 5.41 Å². The highest BCUT2D eigenvalue weighted by Gasteiger charge is 2.04. The van der Waals surface area contributed by atoms with Crippen LogP contribution in [0.15, 0.2) is 11.7 Å². The van der Waals surface area contributed by atoms with Gasteiger partial charge in [0.1, 0.15) is 0 Å². The molecule has 0 aliphatic rings. The van der Waals surface area contributed by atoms with Gasteiger partial charge in [0, 0.05) is 30.6 Å². The quantitative estimate of drug-likeness (QED) is 0.551. The monoisotopic (exact) mass is 212 g/mol. The largest absolute Gasteiger partial charge is 0.388 e. The van der Waals surface area contributed by atoms with Crippen molar-refractivity contribution in [2.24, 2.45) is 5.73 Å². The number of amidine groups is 1. The molecule has 0 spiro atoms. The standard InChI is InChI=1S/C9H16N4S/c1-2-13(4-3-9(10)11)6-8-5-12-7-14-8/h5,7H,2-4,6H2,1H3,(H3,10,11). The Kier molecular flexibility index (Phi) is 4.55. The van der Waals surface area contributed by atoms with Gasteiger partial charge in [0.15, 0.2) is 0 Å². The highest BCUT2D eigenvalue weighted by molar-refractivity contribution is 7.09. The van der Waals surface area contributed by atoms with E-state index in [-0.39, 0.29) is 5.84 Å². The Hall–Kier alpha value is -0.940. The van der Waals surface area contributed by atoms with Crippen molar-refractivity contribution in [3.63, 3.8) is 0 Å². The smallest absolute Gasteiger partial charge is 0.0918 e. The maximum Gasteiger partial charge on any atom is 0.0918 e. The maximum atomic E-state index is 7.15. The highest BCUT2D eigenvalue weighted by Crippen LogP contribution is 2.09. The molecule has 0 saturated heterocycles. The Morgan fingerprint density at radius 3 is 3.00 bits per heavy atom. The minimum atomic E-state index is 0.257. The lowest BCUT2D eigenvalue weighted by atomic mass is 10.3. The van der Waals surface area contributed by atoms with E-state index in [2.05, 4.69) is 16.8 Å². The Labute approximate surface area is 88.3 Å². The zero-order chi connectivity index (χ0) is 10.4. The van der Waals surface area contributed by atoms with E-state index >= 15 is 0 Å². The second-order valence-corrected chi connectivity index (χ2v) is 4.08. The van der Waals surface area contributed by atoms with Gasteiger partial charge in [-0.25, -0.2) is 0 Å². The van der Waals surface area contributed by atoms with Gasteiger partial charge in [-0.1, -0.05) is 6.92 Å². The SMILES string of the molecule is CCN(CCC(=N)N)Cc1cncs1. The molecule has 0 amide bonds. The molecule has 5 heteroatoms. The van der Waals surface area contributed by atoms with Gasteiger partial charge in [-0.15, -0.1) is 11.3 Å². The topological polar surface area (TPSA) is 66.0 Å². The van der Waals surface area contributed by atoms with Crippen LogP contribution in [0.3, 0.4) is 0 Å². The van der Waals surface area contributed by atoms with Crippen molar-refractivity contribution >= 4 is 17.2 Å². The number of hydrogen-bond acceptors (Lipinski definition) is 4. The molecule has 0 bridgehead atoms. The van der Waals surface area contributed by atoms with Gasteiger partial charge in [-0.05, 0) is 6.54 Å². The number of nitrogens with one attached hydrogen (secondary N) is 1. The molecule has 1 rings (SSSR count). The molecule has 1 heterocycles. The minimum Gasteiger partial charge on any atom is -0.388 e. The van der Waals surface area contributed by atoms with Crippen molar-refractivity contribution in [2.45, 2.75) is 19.9 Å². The van der Waals surface area contributed by atoms with Crippen LogP contribution in [0, 0.1) is 5.41 Å². The summed E-state index contributed by atoms with van der Waals surface area (Å²) in [6, 6.07) is 0. The molecule has 0 fully saturated rings. The zero-order valence-corrected chi connectivity index (χ0v) is 9.18. The first-order valence-electron chi connectivity index (χ1n) is 4.65. The van der Waals surface area contributed by atoms with Crippen LogP contribution in [0.2, 0.25) is 0 Å². The van der Waals surface area contributed by atoms with Gasteiger partial charge in [0.05, 0.1) is 11.3 Å². The van der Waals surface area contributed by atoms with Gasteiger partial charge < -0.3 is 5.73 Å². The highest BCUT2D eigenvalue weighted by atomic mass is 32.1. The molecule has 0 atom stereocenters. The van der Waals surface area contributed by atoms with E-state index in [4.69, 9.17) is 11.1 Å². The summed E-state index contributed by atoms with van der Waals surface area (Å²) in [5.74, 6) is 0.257. The fraction of sp³-hybridized carbons (Fsp3) is 0.556. The van der Waals surface area contributed by atoms with E-state index in [0.717, 1.165) is 19.6 Å². The van der Waals surface area contributed by atoms with E-state index in [1.54, 1.807) is 11.3 Å². The van der Waals surface area contributed by atoms with Crippen molar-refractivity contribution < 1.29 is 0 Å².